The van der Waals surface area contributed by atoms with Gasteiger partial charge < -0.3 is 11.1 Å². The number of pyridine rings is 1. The number of amides is 1. The van der Waals surface area contributed by atoms with Crippen molar-refractivity contribution in [2.24, 2.45) is 12.8 Å². The van der Waals surface area contributed by atoms with Crippen LogP contribution in [0.15, 0.2) is 24.5 Å². The van der Waals surface area contributed by atoms with Gasteiger partial charge in [0.15, 0.2) is 5.69 Å². The molecule has 128 valence electrons. The predicted molar refractivity (Wildman–Crippen MR) is 91.2 cm³/mol. The van der Waals surface area contributed by atoms with Crippen molar-refractivity contribution in [1.29, 1.82) is 0 Å². The zero-order chi connectivity index (χ0) is 17.1. The van der Waals surface area contributed by atoms with E-state index in [9.17, 15) is 4.79 Å². The number of rotatable bonds is 6. The molecule has 7 nitrogen and oxygen atoms in total. The molecule has 2 aromatic heterocycles. The topological polar surface area (TPSA) is 89.1 Å². The number of hydrogen-bond donors (Lipinski definition) is 2. The van der Waals surface area contributed by atoms with E-state index in [4.69, 9.17) is 5.73 Å². The maximum Gasteiger partial charge on any atom is 0.269 e. The Balaban J connectivity index is 1.53. The third-order valence-corrected chi connectivity index (χ3v) is 4.36. The molecule has 0 saturated carbocycles. The van der Waals surface area contributed by atoms with Crippen molar-refractivity contribution >= 4 is 5.91 Å². The summed E-state index contributed by atoms with van der Waals surface area (Å²) < 4.78 is 1.65. The average molecular weight is 328 g/mol. The van der Waals surface area contributed by atoms with Gasteiger partial charge in [0.05, 0.1) is 0 Å². The minimum absolute atomic E-state index is 0.376. The Labute approximate surface area is 141 Å². The fraction of sp³-hybridized carbons (Fsp3) is 0.471. The molecule has 0 spiro atoms. The van der Waals surface area contributed by atoms with Crippen molar-refractivity contribution in [3.8, 4) is 0 Å². The van der Waals surface area contributed by atoms with E-state index < -0.39 is 5.91 Å². The number of carbonyl (C=O) groups is 1. The van der Waals surface area contributed by atoms with E-state index in [1.807, 2.05) is 25.4 Å². The third kappa shape index (κ3) is 3.98. The van der Waals surface area contributed by atoms with E-state index in [0.29, 0.717) is 18.3 Å². The van der Waals surface area contributed by atoms with Gasteiger partial charge in [-0.1, -0.05) is 0 Å². The molecular weight excluding hydrogens is 304 g/mol. The van der Waals surface area contributed by atoms with Gasteiger partial charge in [-0.2, -0.15) is 5.10 Å². The number of primary amides is 1. The molecule has 1 aliphatic heterocycles. The first kappa shape index (κ1) is 16.6. The second-order valence-electron chi connectivity index (χ2n) is 6.45. The van der Waals surface area contributed by atoms with Crippen LogP contribution in [0.2, 0.25) is 0 Å². The number of nitrogens with one attached hydrogen (secondary N) is 1. The average Bonchev–Trinajstić information content (AvgIpc) is 3.12. The Hall–Kier alpha value is -2.25. The highest BCUT2D eigenvalue weighted by Crippen LogP contribution is 2.16. The predicted octanol–water partition coefficient (Wildman–Crippen LogP) is 0.587. The number of likely N-dealkylation sites (tertiary alicyclic amines) is 1. The van der Waals surface area contributed by atoms with Gasteiger partial charge in [0, 0.05) is 62.9 Å². The van der Waals surface area contributed by atoms with Gasteiger partial charge in [-0.3, -0.25) is 19.4 Å². The van der Waals surface area contributed by atoms with E-state index >= 15 is 0 Å². The number of nitrogens with two attached hydrogens (primary N) is 1. The molecule has 7 heteroatoms. The Bertz CT molecular complexity index is 726. The molecular formula is C17H24N6O. The Morgan fingerprint density at radius 3 is 3.08 bits per heavy atom. The normalized spacial score (nSPS) is 18.2. The lowest BCUT2D eigenvalue weighted by Gasteiger charge is -2.16. The minimum Gasteiger partial charge on any atom is -0.364 e. The second-order valence-corrected chi connectivity index (χ2v) is 6.45. The summed E-state index contributed by atoms with van der Waals surface area (Å²) in [5.41, 5.74) is 8.97. The SMILES string of the molecule is Cc1cc(CNC2CCN(Cc3cn(C)nc3C(N)=O)C2)ccn1. The highest BCUT2D eigenvalue weighted by Gasteiger charge is 2.24. The van der Waals surface area contributed by atoms with Crippen LogP contribution in [0.4, 0.5) is 0 Å². The highest BCUT2D eigenvalue weighted by molar-refractivity contribution is 5.92. The first-order valence-electron chi connectivity index (χ1n) is 8.21. The Morgan fingerprint density at radius 1 is 1.50 bits per heavy atom. The quantitative estimate of drug-likeness (QED) is 0.810. The highest BCUT2D eigenvalue weighted by atomic mass is 16.1. The Kier molecular flexibility index (Phi) is 4.92. The van der Waals surface area contributed by atoms with E-state index in [-0.39, 0.29) is 0 Å². The summed E-state index contributed by atoms with van der Waals surface area (Å²) in [6.07, 6.45) is 4.82. The van der Waals surface area contributed by atoms with Gasteiger partial charge in [0.2, 0.25) is 0 Å². The molecule has 3 rings (SSSR count). The molecule has 1 atom stereocenters. The van der Waals surface area contributed by atoms with Gasteiger partial charge in [-0.25, -0.2) is 0 Å². The molecule has 3 heterocycles. The summed E-state index contributed by atoms with van der Waals surface area (Å²) in [6, 6.07) is 4.60. The lowest BCUT2D eigenvalue weighted by atomic mass is 10.2. The number of nitrogens with zero attached hydrogens (tertiary/aromatic N) is 4. The molecule has 1 fully saturated rings. The van der Waals surface area contributed by atoms with E-state index in [1.54, 1.807) is 11.7 Å². The second kappa shape index (κ2) is 7.11. The van der Waals surface area contributed by atoms with Crippen molar-refractivity contribution in [1.82, 2.24) is 25.0 Å². The molecule has 1 saturated heterocycles. The number of aryl methyl sites for hydroxylation is 2. The van der Waals surface area contributed by atoms with Crippen LogP contribution in [0.5, 0.6) is 0 Å². The van der Waals surface area contributed by atoms with Crippen LogP contribution >= 0.6 is 0 Å². The van der Waals surface area contributed by atoms with Crippen molar-refractivity contribution in [3.63, 3.8) is 0 Å². The molecule has 2 aromatic rings. The van der Waals surface area contributed by atoms with E-state index in [0.717, 1.165) is 37.3 Å². The van der Waals surface area contributed by atoms with Crippen molar-refractivity contribution < 1.29 is 4.79 Å². The van der Waals surface area contributed by atoms with Crippen molar-refractivity contribution in [2.45, 2.75) is 32.5 Å². The van der Waals surface area contributed by atoms with Crippen LogP contribution in [0, 0.1) is 6.92 Å². The fourth-order valence-electron chi connectivity index (χ4n) is 3.22. The van der Waals surface area contributed by atoms with Crippen LogP contribution in [0.25, 0.3) is 0 Å². The summed E-state index contributed by atoms with van der Waals surface area (Å²) >= 11 is 0. The van der Waals surface area contributed by atoms with Crippen LogP contribution in [-0.2, 0) is 20.1 Å². The third-order valence-electron chi connectivity index (χ3n) is 4.36. The van der Waals surface area contributed by atoms with Gasteiger partial charge in [0.1, 0.15) is 0 Å². The molecule has 0 radical (unpaired) electrons. The van der Waals surface area contributed by atoms with Crippen LogP contribution in [-0.4, -0.2) is 44.7 Å². The van der Waals surface area contributed by atoms with Gasteiger partial charge >= 0.3 is 0 Å². The summed E-state index contributed by atoms with van der Waals surface area (Å²) in [6.45, 7) is 5.52. The van der Waals surface area contributed by atoms with Gasteiger partial charge in [0.25, 0.3) is 5.91 Å². The van der Waals surface area contributed by atoms with E-state index in [1.165, 1.54) is 5.56 Å². The summed E-state index contributed by atoms with van der Waals surface area (Å²) in [4.78, 5) is 18.0. The zero-order valence-corrected chi connectivity index (χ0v) is 14.2. The van der Waals surface area contributed by atoms with E-state index in [2.05, 4.69) is 26.4 Å². The summed E-state index contributed by atoms with van der Waals surface area (Å²) in [5.74, 6) is -0.465. The molecule has 0 bridgehead atoms. The molecule has 1 amide bonds. The molecule has 24 heavy (non-hydrogen) atoms. The Morgan fingerprint density at radius 2 is 2.33 bits per heavy atom. The molecule has 0 aliphatic carbocycles. The van der Waals surface area contributed by atoms with Gasteiger partial charge in [-0.15, -0.1) is 0 Å². The monoisotopic (exact) mass is 328 g/mol. The molecule has 0 aromatic carbocycles. The maximum absolute atomic E-state index is 11.5. The largest absolute Gasteiger partial charge is 0.364 e. The smallest absolute Gasteiger partial charge is 0.269 e. The van der Waals surface area contributed by atoms with Gasteiger partial charge in [-0.05, 0) is 31.0 Å². The summed E-state index contributed by atoms with van der Waals surface area (Å²) in [5, 5.41) is 7.75. The number of aromatic nitrogens is 3. The minimum atomic E-state index is -0.465. The maximum atomic E-state index is 11.5. The lowest BCUT2D eigenvalue weighted by Crippen LogP contribution is -2.32. The molecule has 1 unspecified atom stereocenters. The summed E-state index contributed by atoms with van der Waals surface area (Å²) in [7, 11) is 1.81. The van der Waals surface area contributed by atoms with Crippen molar-refractivity contribution in [3.05, 3.63) is 47.0 Å². The van der Waals surface area contributed by atoms with Crippen LogP contribution < -0.4 is 11.1 Å². The zero-order valence-electron chi connectivity index (χ0n) is 14.2. The number of carbonyl (C=O) groups excluding carboxylic acids is 1. The van der Waals surface area contributed by atoms with Crippen LogP contribution in [0.1, 0.15) is 33.7 Å². The lowest BCUT2D eigenvalue weighted by molar-refractivity contribution is 0.0993. The fourth-order valence-corrected chi connectivity index (χ4v) is 3.22. The first-order chi connectivity index (χ1) is 11.5. The molecule has 3 N–H and O–H groups in total. The molecule has 1 aliphatic rings. The van der Waals surface area contributed by atoms with Crippen molar-refractivity contribution in [2.75, 3.05) is 13.1 Å². The van der Waals surface area contributed by atoms with Crippen LogP contribution in [0.3, 0.4) is 0 Å². The standard InChI is InChI=1S/C17H24N6O/c1-12-7-13(3-5-19-12)8-20-15-4-6-23(11-15)10-14-9-22(2)21-16(14)17(18)24/h3,5,7,9,15,20H,4,6,8,10-11H2,1-2H3,(H2,18,24). The number of hydrogen-bond acceptors (Lipinski definition) is 5. The first-order valence-corrected chi connectivity index (χ1v) is 8.21.